The molecule has 1 heterocycles. The first kappa shape index (κ1) is 17.8. The average Bonchev–Trinajstić information content (AvgIpc) is 2.36. The van der Waals surface area contributed by atoms with Crippen LogP contribution < -0.4 is 0 Å². The molecule has 2 rings (SSSR count). The summed E-state index contributed by atoms with van der Waals surface area (Å²) in [5, 5.41) is 0. The highest BCUT2D eigenvalue weighted by atomic mass is 16.6. The molecule has 0 amide bonds. The molecule has 0 aromatic heterocycles. The van der Waals surface area contributed by atoms with E-state index < -0.39 is 5.60 Å². The lowest BCUT2D eigenvalue weighted by molar-refractivity contribution is -0.211. The van der Waals surface area contributed by atoms with Gasteiger partial charge in [0.2, 0.25) is 0 Å². The largest absolute Gasteiger partial charge is 0.460 e. The molecular weight excluding hydrogens is 276 g/mol. The molecule has 0 spiro atoms. The smallest absolute Gasteiger partial charge is 0.338 e. The zero-order valence-electron chi connectivity index (χ0n) is 15.3. The Labute approximate surface area is 136 Å². The van der Waals surface area contributed by atoms with Gasteiger partial charge in [0.15, 0.2) is 5.60 Å². The van der Waals surface area contributed by atoms with Crippen molar-refractivity contribution < 1.29 is 14.3 Å². The average molecular weight is 310 g/mol. The van der Waals surface area contributed by atoms with Crippen molar-refractivity contribution in [1.29, 1.82) is 0 Å². The molecule has 1 aliphatic carbocycles. The number of rotatable bonds is 3. The van der Waals surface area contributed by atoms with Gasteiger partial charge in [0.25, 0.3) is 0 Å². The maximum atomic E-state index is 12.8. The highest BCUT2D eigenvalue weighted by Crippen LogP contribution is 2.39. The zero-order chi connectivity index (χ0) is 16.5. The lowest BCUT2D eigenvalue weighted by Crippen LogP contribution is -2.51. The maximum absolute atomic E-state index is 12.8. The molecule has 0 N–H and O–H groups in total. The highest BCUT2D eigenvalue weighted by molar-refractivity contribution is 5.79. The number of hydrogen-bond donors (Lipinski definition) is 0. The molecule has 4 atom stereocenters. The van der Waals surface area contributed by atoms with E-state index in [1.54, 1.807) is 0 Å². The van der Waals surface area contributed by atoms with Gasteiger partial charge in [-0.1, -0.05) is 27.2 Å². The van der Waals surface area contributed by atoms with Crippen molar-refractivity contribution in [3.8, 4) is 0 Å². The van der Waals surface area contributed by atoms with Crippen molar-refractivity contribution in [3.05, 3.63) is 0 Å². The Hall–Kier alpha value is -0.570. The lowest BCUT2D eigenvalue weighted by Gasteiger charge is -2.43. The molecule has 0 aromatic carbocycles. The fourth-order valence-corrected chi connectivity index (χ4v) is 4.22. The summed E-state index contributed by atoms with van der Waals surface area (Å²) in [6.45, 7) is 12.8. The Balaban J connectivity index is 2.05. The third-order valence-electron chi connectivity index (χ3n) is 5.59. The Bertz CT molecular complexity index is 401. The molecule has 3 nitrogen and oxygen atoms in total. The number of carbonyl (C=O) groups excluding carboxylic acids is 1. The van der Waals surface area contributed by atoms with Gasteiger partial charge in [-0.3, -0.25) is 0 Å². The van der Waals surface area contributed by atoms with Crippen molar-refractivity contribution in [2.45, 2.75) is 97.4 Å². The first-order valence-corrected chi connectivity index (χ1v) is 9.04. The van der Waals surface area contributed by atoms with Crippen LogP contribution in [0.15, 0.2) is 0 Å². The number of carbonyl (C=O) groups is 1. The fourth-order valence-electron chi connectivity index (χ4n) is 4.22. The predicted molar refractivity (Wildman–Crippen MR) is 88.6 cm³/mol. The molecule has 128 valence electrons. The van der Waals surface area contributed by atoms with Gasteiger partial charge >= 0.3 is 5.97 Å². The Morgan fingerprint density at radius 1 is 1.18 bits per heavy atom. The highest BCUT2D eigenvalue weighted by Gasteiger charge is 2.46. The standard InChI is InChI=1S/C19H34O3/c1-13(2)15-9-8-14(3)12-16(15)21-17(20)19(6)11-7-10-18(4,5)22-19/h13-16H,7-12H2,1-6H3/t14?,15-,16?,19?/m1/s1. The van der Waals surface area contributed by atoms with Gasteiger partial charge in [0.05, 0.1) is 5.60 Å². The zero-order valence-corrected chi connectivity index (χ0v) is 15.3. The van der Waals surface area contributed by atoms with E-state index in [2.05, 4.69) is 34.6 Å². The van der Waals surface area contributed by atoms with Crippen LogP contribution in [0, 0.1) is 17.8 Å². The number of ether oxygens (including phenoxy) is 2. The van der Waals surface area contributed by atoms with Gasteiger partial charge in [0.1, 0.15) is 6.10 Å². The first-order chi connectivity index (χ1) is 10.1. The van der Waals surface area contributed by atoms with Crippen LogP contribution in [-0.2, 0) is 14.3 Å². The van der Waals surface area contributed by atoms with Crippen molar-refractivity contribution in [2.75, 3.05) is 0 Å². The molecule has 1 aliphatic heterocycles. The van der Waals surface area contributed by atoms with Gasteiger partial charge in [-0.15, -0.1) is 0 Å². The lowest BCUT2D eigenvalue weighted by atomic mass is 9.75. The molecular formula is C19H34O3. The van der Waals surface area contributed by atoms with E-state index >= 15 is 0 Å². The minimum absolute atomic E-state index is 0.0571. The van der Waals surface area contributed by atoms with E-state index in [9.17, 15) is 4.79 Å². The van der Waals surface area contributed by atoms with E-state index in [1.165, 1.54) is 12.8 Å². The minimum Gasteiger partial charge on any atom is -0.460 e. The van der Waals surface area contributed by atoms with Crippen LogP contribution in [0.25, 0.3) is 0 Å². The second kappa shape index (κ2) is 6.51. The quantitative estimate of drug-likeness (QED) is 0.707. The number of hydrogen-bond acceptors (Lipinski definition) is 3. The molecule has 3 unspecified atom stereocenters. The van der Waals surface area contributed by atoms with Crippen LogP contribution >= 0.6 is 0 Å². The van der Waals surface area contributed by atoms with Gasteiger partial charge in [-0.05, 0) is 70.6 Å². The van der Waals surface area contributed by atoms with Gasteiger partial charge < -0.3 is 9.47 Å². The van der Waals surface area contributed by atoms with Crippen molar-refractivity contribution in [3.63, 3.8) is 0 Å². The van der Waals surface area contributed by atoms with Gasteiger partial charge in [-0.2, -0.15) is 0 Å². The van der Waals surface area contributed by atoms with Crippen molar-refractivity contribution in [1.82, 2.24) is 0 Å². The first-order valence-electron chi connectivity index (χ1n) is 9.04. The number of esters is 1. The van der Waals surface area contributed by atoms with Crippen LogP contribution in [-0.4, -0.2) is 23.3 Å². The molecule has 2 aliphatic rings. The molecule has 0 bridgehead atoms. The summed E-state index contributed by atoms with van der Waals surface area (Å²) in [5.41, 5.74) is -1.01. The Morgan fingerprint density at radius 2 is 1.86 bits per heavy atom. The third kappa shape index (κ3) is 4.04. The van der Waals surface area contributed by atoms with Crippen LogP contribution in [0.1, 0.15) is 80.1 Å². The van der Waals surface area contributed by atoms with Crippen molar-refractivity contribution >= 4 is 5.97 Å². The van der Waals surface area contributed by atoms with E-state index in [0.717, 1.165) is 25.7 Å². The van der Waals surface area contributed by atoms with E-state index in [1.807, 2.05) is 6.92 Å². The molecule has 1 saturated carbocycles. The molecule has 0 radical (unpaired) electrons. The van der Waals surface area contributed by atoms with E-state index in [4.69, 9.17) is 9.47 Å². The fraction of sp³-hybridized carbons (Fsp3) is 0.947. The van der Waals surface area contributed by atoms with E-state index in [0.29, 0.717) is 17.8 Å². The third-order valence-corrected chi connectivity index (χ3v) is 5.59. The second-order valence-corrected chi connectivity index (χ2v) is 8.72. The Morgan fingerprint density at radius 3 is 2.45 bits per heavy atom. The van der Waals surface area contributed by atoms with Crippen LogP contribution in [0.4, 0.5) is 0 Å². The summed E-state index contributed by atoms with van der Waals surface area (Å²) < 4.78 is 12.1. The van der Waals surface area contributed by atoms with Gasteiger partial charge in [0, 0.05) is 0 Å². The SMILES string of the molecule is CC1CC[C@H](C(C)C)C(OC(=O)C2(C)CCCC(C)(C)O2)C1. The van der Waals surface area contributed by atoms with Crippen LogP contribution in [0.2, 0.25) is 0 Å². The second-order valence-electron chi connectivity index (χ2n) is 8.72. The minimum atomic E-state index is -0.774. The summed E-state index contributed by atoms with van der Waals surface area (Å²) in [4.78, 5) is 12.8. The van der Waals surface area contributed by atoms with Crippen molar-refractivity contribution in [2.24, 2.45) is 17.8 Å². The summed E-state index contributed by atoms with van der Waals surface area (Å²) in [6, 6.07) is 0. The summed E-state index contributed by atoms with van der Waals surface area (Å²) in [7, 11) is 0. The van der Waals surface area contributed by atoms with Crippen LogP contribution in [0.5, 0.6) is 0 Å². The normalized spacial score (nSPS) is 38.8. The molecule has 1 saturated heterocycles. The monoisotopic (exact) mass is 310 g/mol. The van der Waals surface area contributed by atoms with Gasteiger partial charge in [-0.25, -0.2) is 4.79 Å². The summed E-state index contributed by atoms with van der Waals surface area (Å²) in [5.74, 6) is 1.54. The van der Waals surface area contributed by atoms with E-state index in [-0.39, 0.29) is 17.7 Å². The molecule has 22 heavy (non-hydrogen) atoms. The molecule has 3 heteroatoms. The maximum Gasteiger partial charge on any atom is 0.338 e. The summed E-state index contributed by atoms with van der Waals surface area (Å²) in [6.07, 6.45) is 6.26. The Kier molecular flexibility index (Phi) is 5.26. The van der Waals surface area contributed by atoms with Crippen LogP contribution in [0.3, 0.4) is 0 Å². The predicted octanol–water partition coefficient (Wildman–Crippen LogP) is 4.73. The molecule has 0 aromatic rings. The molecule has 2 fully saturated rings. The summed E-state index contributed by atoms with van der Waals surface area (Å²) >= 11 is 0. The topological polar surface area (TPSA) is 35.5 Å².